The monoisotopic (exact) mass is 306 g/mol. The Labute approximate surface area is 124 Å². The first kappa shape index (κ1) is 14.6. The summed E-state index contributed by atoms with van der Waals surface area (Å²) in [6, 6.07) is 12.6. The van der Waals surface area contributed by atoms with Crippen molar-refractivity contribution in [3.63, 3.8) is 0 Å². The predicted octanol–water partition coefficient (Wildman–Crippen LogP) is 3.60. The van der Waals surface area contributed by atoms with Crippen LogP contribution < -0.4 is 0 Å². The van der Waals surface area contributed by atoms with Crippen molar-refractivity contribution in [2.24, 2.45) is 0 Å². The minimum atomic E-state index is -4.41. The van der Waals surface area contributed by atoms with E-state index in [1.807, 2.05) is 0 Å². The first-order chi connectivity index (χ1) is 10.5. The number of imidazole rings is 1. The molecule has 0 saturated carbocycles. The molecule has 0 radical (unpaired) electrons. The third kappa shape index (κ3) is 2.57. The summed E-state index contributed by atoms with van der Waals surface area (Å²) < 4.78 is 40.9. The van der Waals surface area contributed by atoms with Gasteiger partial charge in [-0.3, -0.25) is 0 Å². The maximum Gasteiger partial charge on any atom is 0.416 e. The van der Waals surface area contributed by atoms with Crippen LogP contribution in [-0.4, -0.2) is 14.7 Å². The lowest BCUT2D eigenvalue weighted by atomic mass is 10.1. The Kier molecular flexibility index (Phi) is 3.62. The second-order valence-electron chi connectivity index (χ2n) is 4.92. The first-order valence-electron chi connectivity index (χ1n) is 6.71. The van der Waals surface area contributed by atoms with Crippen molar-refractivity contribution in [1.82, 2.24) is 9.55 Å². The first-order valence-corrected chi connectivity index (χ1v) is 6.71. The highest BCUT2D eigenvalue weighted by Crippen LogP contribution is 2.32. The maximum absolute atomic E-state index is 13.1. The Hall–Kier alpha value is -2.34. The van der Waals surface area contributed by atoms with Crippen LogP contribution in [0, 0.1) is 0 Å². The van der Waals surface area contributed by atoms with Gasteiger partial charge in [0.25, 0.3) is 0 Å². The van der Waals surface area contributed by atoms with Crippen LogP contribution in [-0.2, 0) is 19.3 Å². The minimum Gasteiger partial charge on any atom is -0.388 e. The molecule has 0 saturated heterocycles. The molecule has 0 atom stereocenters. The number of aromatic nitrogens is 2. The molecule has 114 valence electrons. The molecule has 0 aliphatic rings. The predicted molar refractivity (Wildman–Crippen MR) is 76.2 cm³/mol. The van der Waals surface area contributed by atoms with Crippen LogP contribution in [0.2, 0.25) is 0 Å². The topological polar surface area (TPSA) is 38.1 Å². The van der Waals surface area contributed by atoms with E-state index in [9.17, 15) is 18.3 Å². The summed E-state index contributed by atoms with van der Waals surface area (Å²) in [5.41, 5.74) is 0.823. The Balaban J connectivity index is 2.11. The number of benzene rings is 2. The van der Waals surface area contributed by atoms with Gasteiger partial charge in [-0.2, -0.15) is 13.2 Å². The van der Waals surface area contributed by atoms with Gasteiger partial charge in [-0.1, -0.05) is 30.3 Å². The van der Waals surface area contributed by atoms with Crippen molar-refractivity contribution in [1.29, 1.82) is 0 Å². The van der Waals surface area contributed by atoms with Gasteiger partial charge in [0.2, 0.25) is 0 Å². The molecule has 3 aromatic rings. The van der Waals surface area contributed by atoms with E-state index in [0.717, 1.165) is 6.07 Å². The van der Waals surface area contributed by atoms with Gasteiger partial charge < -0.3 is 9.67 Å². The van der Waals surface area contributed by atoms with Crippen LogP contribution in [0.15, 0.2) is 48.5 Å². The summed E-state index contributed by atoms with van der Waals surface area (Å²) in [4.78, 5) is 4.25. The van der Waals surface area contributed by atoms with E-state index in [1.54, 1.807) is 34.9 Å². The standard InChI is InChI=1S/C16H13F3N2O/c17-16(18,19)12-6-2-1-5-11(12)9-21-14-8-4-3-7-13(14)20-15(21)10-22/h1-8,22H,9-10H2. The Bertz CT molecular complexity index is 809. The van der Waals surface area contributed by atoms with Crippen molar-refractivity contribution in [2.75, 3.05) is 0 Å². The molecule has 3 rings (SSSR count). The molecule has 0 amide bonds. The Morgan fingerprint density at radius 2 is 1.68 bits per heavy atom. The van der Waals surface area contributed by atoms with Gasteiger partial charge in [0.05, 0.1) is 23.1 Å². The molecular formula is C16H13F3N2O. The van der Waals surface area contributed by atoms with Gasteiger partial charge in [0.1, 0.15) is 12.4 Å². The van der Waals surface area contributed by atoms with E-state index < -0.39 is 11.7 Å². The number of rotatable bonds is 3. The molecule has 1 N–H and O–H groups in total. The van der Waals surface area contributed by atoms with E-state index in [0.29, 0.717) is 16.9 Å². The van der Waals surface area contributed by atoms with E-state index >= 15 is 0 Å². The van der Waals surface area contributed by atoms with E-state index in [1.165, 1.54) is 12.1 Å². The summed E-state index contributed by atoms with van der Waals surface area (Å²) in [7, 11) is 0. The third-order valence-corrected chi connectivity index (χ3v) is 3.53. The zero-order valence-electron chi connectivity index (χ0n) is 11.5. The van der Waals surface area contributed by atoms with Crippen LogP contribution in [0.1, 0.15) is 17.0 Å². The molecule has 0 spiro atoms. The highest BCUT2D eigenvalue weighted by molar-refractivity contribution is 5.76. The number of hydrogen-bond donors (Lipinski definition) is 1. The zero-order valence-corrected chi connectivity index (χ0v) is 11.5. The van der Waals surface area contributed by atoms with Gasteiger partial charge >= 0.3 is 6.18 Å². The van der Waals surface area contributed by atoms with Crippen LogP contribution >= 0.6 is 0 Å². The van der Waals surface area contributed by atoms with E-state index in [4.69, 9.17) is 0 Å². The van der Waals surface area contributed by atoms with Gasteiger partial charge in [0.15, 0.2) is 0 Å². The van der Waals surface area contributed by atoms with Crippen molar-refractivity contribution in [3.8, 4) is 0 Å². The van der Waals surface area contributed by atoms with Crippen molar-refractivity contribution < 1.29 is 18.3 Å². The molecule has 6 heteroatoms. The van der Waals surface area contributed by atoms with Crippen molar-refractivity contribution in [3.05, 3.63) is 65.5 Å². The fraction of sp³-hybridized carbons (Fsp3) is 0.188. The number of hydrogen-bond acceptors (Lipinski definition) is 2. The Morgan fingerprint density at radius 3 is 2.41 bits per heavy atom. The average molecular weight is 306 g/mol. The number of para-hydroxylation sites is 2. The second-order valence-corrected chi connectivity index (χ2v) is 4.92. The lowest BCUT2D eigenvalue weighted by molar-refractivity contribution is -0.138. The number of aliphatic hydroxyl groups excluding tert-OH is 1. The molecule has 0 aliphatic carbocycles. The van der Waals surface area contributed by atoms with Gasteiger partial charge in [-0.25, -0.2) is 4.98 Å². The van der Waals surface area contributed by atoms with Crippen molar-refractivity contribution in [2.45, 2.75) is 19.3 Å². The maximum atomic E-state index is 13.1. The normalized spacial score (nSPS) is 12.0. The molecule has 2 aromatic carbocycles. The summed E-state index contributed by atoms with van der Waals surface area (Å²) in [5.74, 6) is 0.346. The number of alkyl halides is 3. The summed E-state index contributed by atoms with van der Waals surface area (Å²) in [6.07, 6.45) is -4.41. The third-order valence-electron chi connectivity index (χ3n) is 3.53. The SMILES string of the molecule is OCc1nc2ccccc2n1Cc1ccccc1C(F)(F)F. The molecule has 0 aliphatic heterocycles. The zero-order chi connectivity index (χ0) is 15.7. The lowest BCUT2D eigenvalue weighted by Gasteiger charge is -2.14. The smallest absolute Gasteiger partial charge is 0.388 e. The fourth-order valence-electron chi connectivity index (χ4n) is 2.53. The number of fused-ring (bicyclic) bond motifs is 1. The van der Waals surface area contributed by atoms with Gasteiger partial charge in [-0.05, 0) is 23.8 Å². The number of halogens is 3. The highest BCUT2D eigenvalue weighted by atomic mass is 19.4. The molecule has 0 fully saturated rings. The lowest BCUT2D eigenvalue weighted by Crippen LogP contribution is -2.13. The van der Waals surface area contributed by atoms with E-state index in [2.05, 4.69) is 4.98 Å². The minimum absolute atomic E-state index is 0.00604. The molecule has 0 bridgehead atoms. The summed E-state index contributed by atoms with van der Waals surface area (Å²) in [6.45, 7) is -0.324. The average Bonchev–Trinajstić information content (AvgIpc) is 2.85. The molecule has 1 aromatic heterocycles. The molecule has 22 heavy (non-hydrogen) atoms. The van der Waals surface area contributed by atoms with Crippen LogP contribution in [0.3, 0.4) is 0 Å². The van der Waals surface area contributed by atoms with Crippen LogP contribution in [0.4, 0.5) is 13.2 Å². The molecule has 0 unspecified atom stereocenters. The Morgan fingerprint density at radius 1 is 1.00 bits per heavy atom. The molecular weight excluding hydrogens is 293 g/mol. The fourth-order valence-corrected chi connectivity index (χ4v) is 2.53. The van der Waals surface area contributed by atoms with Crippen LogP contribution in [0.25, 0.3) is 11.0 Å². The summed E-state index contributed by atoms with van der Waals surface area (Å²) in [5, 5.41) is 9.42. The highest BCUT2D eigenvalue weighted by Gasteiger charge is 2.33. The second kappa shape index (κ2) is 5.46. The molecule has 3 nitrogen and oxygen atoms in total. The summed E-state index contributed by atoms with van der Waals surface area (Å²) >= 11 is 0. The van der Waals surface area contributed by atoms with Gasteiger partial charge in [-0.15, -0.1) is 0 Å². The van der Waals surface area contributed by atoms with Crippen LogP contribution in [0.5, 0.6) is 0 Å². The number of aliphatic hydroxyl groups is 1. The largest absolute Gasteiger partial charge is 0.416 e. The van der Waals surface area contributed by atoms with Gasteiger partial charge in [0, 0.05) is 0 Å². The van der Waals surface area contributed by atoms with E-state index in [-0.39, 0.29) is 18.7 Å². The molecule has 1 heterocycles. The quantitative estimate of drug-likeness (QED) is 0.803. The van der Waals surface area contributed by atoms with Crippen molar-refractivity contribution >= 4 is 11.0 Å². The number of nitrogens with zero attached hydrogens (tertiary/aromatic N) is 2.